The minimum absolute atomic E-state index is 0. The molecule has 6 aromatic carbocycles. The van der Waals surface area contributed by atoms with Crippen molar-refractivity contribution >= 4 is 91.7 Å². The van der Waals surface area contributed by atoms with Crippen molar-refractivity contribution in [3.63, 3.8) is 0 Å². The molecule has 53 heavy (non-hydrogen) atoms. The third kappa shape index (κ3) is 4.85. The predicted octanol–water partition coefficient (Wildman–Crippen LogP) is 12.3. The topological polar surface area (TPSA) is 44.4 Å². The third-order valence-corrected chi connectivity index (χ3v) is 11.5. The molecule has 7 heteroatoms. The van der Waals surface area contributed by atoms with Crippen LogP contribution >= 0.6 is 11.3 Å². The molecular formula is C46H30N4OPdS. The molecule has 0 bridgehead atoms. The normalized spacial score (nSPS) is 12.3. The van der Waals surface area contributed by atoms with Crippen LogP contribution in [0.5, 0.6) is 11.5 Å². The van der Waals surface area contributed by atoms with Crippen molar-refractivity contribution in [3.8, 4) is 17.3 Å². The summed E-state index contributed by atoms with van der Waals surface area (Å²) in [6.45, 7) is 6.68. The minimum Gasteiger partial charge on any atom is -0.503 e. The van der Waals surface area contributed by atoms with Gasteiger partial charge < -0.3 is 13.7 Å². The zero-order valence-electron chi connectivity index (χ0n) is 29.0. The first kappa shape index (κ1) is 32.1. The van der Waals surface area contributed by atoms with Crippen molar-refractivity contribution in [2.24, 2.45) is 0 Å². The molecular weight excluding hydrogens is 763 g/mol. The smallest absolute Gasteiger partial charge is 0.503 e. The summed E-state index contributed by atoms with van der Waals surface area (Å²) in [4.78, 5) is 10.0. The number of hydrogen-bond donors (Lipinski definition) is 0. The Labute approximate surface area is 322 Å². The summed E-state index contributed by atoms with van der Waals surface area (Å²) in [6, 6.07) is 49.9. The van der Waals surface area contributed by atoms with E-state index in [1.807, 2.05) is 35.7 Å². The number of nitrogens with zero attached hydrogens (tertiary/aromatic N) is 4. The van der Waals surface area contributed by atoms with Crippen LogP contribution in [0.3, 0.4) is 0 Å². The molecule has 0 amide bonds. The van der Waals surface area contributed by atoms with E-state index in [-0.39, 0.29) is 25.8 Å². The number of benzene rings is 6. The second-order valence-electron chi connectivity index (χ2n) is 14.5. The second kappa shape index (κ2) is 11.7. The van der Waals surface area contributed by atoms with Crippen molar-refractivity contribution < 1.29 is 25.2 Å². The predicted molar refractivity (Wildman–Crippen MR) is 216 cm³/mol. The van der Waals surface area contributed by atoms with Gasteiger partial charge in [0, 0.05) is 48.9 Å². The zero-order valence-corrected chi connectivity index (χ0v) is 31.4. The van der Waals surface area contributed by atoms with Gasteiger partial charge in [-0.2, -0.15) is 6.07 Å². The third-order valence-electron chi connectivity index (χ3n) is 10.3. The number of fused-ring (bicyclic) bond motifs is 14. The van der Waals surface area contributed by atoms with Crippen LogP contribution in [0.2, 0.25) is 0 Å². The standard InChI is InChI=1S/C46H30N4OS.Pd/c1-46(2,3)27-20-21-47-44(22-27)49-38-13-7-4-10-31(38)32-19-17-29(24-40(32)49)51-28-16-18-30-34-26-43-35(33-11-5-9-15-42(33)52-43)25-41(34)50-39-14-8-6-12-37(39)48-45(50)36(30)23-28;/h4-22,25-26H,1-3H3;/q-2;+2. The largest absolute Gasteiger partial charge is 2.00 e. The Morgan fingerprint density at radius 2 is 1.36 bits per heavy atom. The van der Waals surface area contributed by atoms with Gasteiger partial charge in [-0.1, -0.05) is 91.7 Å². The van der Waals surface area contributed by atoms with Gasteiger partial charge in [-0.15, -0.1) is 41.0 Å². The fourth-order valence-corrected chi connectivity index (χ4v) is 8.96. The zero-order chi connectivity index (χ0) is 34.7. The van der Waals surface area contributed by atoms with Crippen LogP contribution in [-0.4, -0.2) is 18.9 Å². The maximum atomic E-state index is 6.62. The Morgan fingerprint density at radius 3 is 2.21 bits per heavy atom. The number of imidazole rings is 1. The molecule has 0 fully saturated rings. The molecule has 0 N–H and O–H groups in total. The molecule has 0 radical (unpaired) electrons. The average molecular weight is 793 g/mol. The van der Waals surface area contributed by atoms with Gasteiger partial charge in [0.25, 0.3) is 0 Å². The van der Waals surface area contributed by atoms with E-state index in [0.717, 1.165) is 66.0 Å². The minimum atomic E-state index is -0.0122. The van der Waals surface area contributed by atoms with Crippen LogP contribution in [-0.2, 0) is 25.8 Å². The van der Waals surface area contributed by atoms with E-state index in [1.165, 1.54) is 25.7 Å². The van der Waals surface area contributed by atoms with E-state index in [4.69, 9.17) is 14.7 Å². The molecule has 0 aliphatic heterocycles. The number of rotatable bonds is 3. The molecule has 0 atom stereocenters. The van der Waals surface area contributed by atoms with Crippen molar-refractivity contribution in [1.29, 1.82) is 0 Å². The fraction of sp³-hybridized carbons (Fsp3) is 0.0870. The van der Waals surface area contributed by atoms with E-state index >= 15 is 0 Å². The van der Waals surface area contributed by atoms with Gasteiger partial charge in [-0.25, -0.2) is 4.98 Å². The summed E-state index contributed by atoms with van der Waals surface area (Å²) >= 11 is 1.83. The number of pyridine rings is 2. The van der Waals surface area contributed by atoms with Crippen LogP contribution in [0.15, 0.2) is 128 Å². The molecule has 5 nitrogen and oxygen atoms in total. The first-order valence-corrected chi connectivity index (χ1v) is 18.3. The summed E-state index contributed by atoms with van der Waals surface area (Å²) in [5.41, 5.74) is 7.21. The molecule has 0 aliphatic carbocycles. The number of aromatic nitrogens is 4. The summed E-state index contributed by atoms with van der Waals surface area (Å²) in [6.07, 6.45) is 1.90. The van der Waals surface area contributed by atoms with Crippen molar-refractivity contribution in [3.05, 3.63) is 145 Å². The molecule has 5 heterocycles. The van der Waals surface area contributed by atoms with Gasteiger partial charge in [-0.3, -0.25) is 4.98 Å². The van der Waals surface area contributed by atoms with Gasteiger partial charge in [0.15, 0.2) is 0 Å². The Balaban J connectivity index is 0.00000349. The first-order chi connectivity index (χ1) is 25.4. The Kier molecular flexibility index (Phi) is 7.10. The monoisotopic (exact) mass is 792 g/mol. The van der Waals surface area contributed by atoms with Crippen LogP contribution in [0.25, 0.3) is 86.2 Å². The van der Waals surface area contributed by atoms with Crippen molar-refractivity contribution in [1.82, 2.24) is 18.9 Å². The Hall–Kier alpha value is -5.58. The molecule has 0 saturated carbocycles. The number of thiophene rings is 1. The van der Waals surface area contributed by atoms with Gasteiger partial charge in [0.05, 0.1) is 16.7 Å². The van der Waals surface area contributed by atoms with E-state index < -0.39 is 0 Å². The molecule has 0 aliphatic rings. The van der Waals surface area contributed by atoms with Crippen LogP contribution in [0.1, 0.15) is 26.3 Å². The first-order valence-electron chi connectivity index (χ1n) is 17.5. The summed E-state index contributed by atoms with van der Waals surface area (Å²) < 4.78 is 13.7. The van der Waals surface area contributed by atoms with Crippen LogP contribution in [0.4, 0.5) is 0 Å². The molecule has 11 aromatic rings. The Morgan fingerprint density at radius 1 is 0.623 bits per heavy atom. The molecule has 256 valence electrons. The molecule has 0 unspecified atom stereocenters. The van der Waals surface area contributed by atoms with E-state index in [1.54, 1.807) is 0 Å². The summed E-state index contributed by atoms with van der Waals surface area (Å²) in [5.74, 6) is 2.07. The van der Waals surface area contributed by atoms with Gasteiger partial charge >= 0.3 is 20.4 Å². The summed E-state index contributed by atoms with van der Waals surface area (Å²) in [5, 5.41) is 7.96. The quantitative estimate of drug-likeness (QED) is 0.102. The molecule has 0 spiro atoms. The second-order valence-corrected chi connectivity index (χ2v) is 15.6. The van der Waals surface area contributed by atoms with Gasteiger partial charge in [-0.05, 0) is 70.3 Å². The van der Waals surface area contributed by atoms with Crippen molar-refractivity contribution in [2.45, 2.75) is 26.2 Å². The number of para-hydroxylation sites is 3. The Bertz CT molecular complexity index is 3280. The van der Waals surface area contributed by atoms with Gasteiger partial charge in [0.1, 0.15) is 5.82 Å². The maximum Gasteiger partial charge on any atom is 2.00 e. The van der Waals surface area contributed by atoms with Crippen LogP contribution < -0.4 is 4.74 Å². The maximum absolute atomic E-state index is 6.62. The number of ether oxygens (including phenoxy) is 1. The molecule has 11 rings (SSSR count). The number of hydrogen-bond acceptors (Lipinski definition) is 4. The van der Waals surface area contributed by atoms with E-state index in [0.29, 0.717) is 11.5 Å². The van der Waals surface area contributed by atoms with Crippen molar-refractivity contribution in [2.75, 3.05) is 0 Å². The average Bonchev–Trinajstić information content (AvgIpc) is 3.83. The van der Waals surface area contributed by atoms with E-state index in [9.17, 15) is 0 Å². The molecule has 5 aromatic heterocycles. The van der Waals surface area contributed by atoms with E-state index in [2.05, 4.69) is 145 Å². The molecule has 0 saturated heterocycles. The summed E-state index contributed by atoms with van der Waals surface area (Å²) in [7, 11) is 0. The fourth-order valence-electron chi connectivity index (χ4n) is 7.83. The van der Waals surface area contributed by atoms with Crippen LogP contribution in [0, 0.1) is 12.1 Å². The van der Waals surface area contributed by atoms with Gasteiger partial charge in [0.2, 0.25) is 0 Å². The SMILES string of the molecule is CC(C)(C)c1ccnc(-n2c3[c-]c(Oc4[c-]c5c(cc4)c4cc6sc7ccccc7c6cc4n4c6ccccc6nc54)ccc3c3ccccc32)c1.[Pd+2].